The molecule has 0 N–H and O–H groups in total. The summed E-state index contributed by atoms with van der Waals surface area (Å²) in [6, 6.07) is 17.3. The highest BCUT2D eigenvalue weighted by molar-refractivity contribution is 5.85. The van der Waals surface area contributed by atoms with E-state index in [1.54, 1.807) is 12.4 Å². The number of nitrogens with zero attached hydrogens (tertiary/aromatic N) is 6. The highest BCUT2D eigenvalue weighted by Gasteiger charge is 2.35. The number of anilines is 6. The summed E-state index contributed by atoms with van der Waals surface area (Å²) in [7, 11) is 4.21. The minimum atomic E-state index is 0.151. The van der Waals surface area contributed by atoms with Crippen molar-refractivity contribution in [3.05, 3.63) is 60.9 Å². The molecule has 2 aliphatic rings. The normalized spacial score (nSPS) is 20.6. The maximum Gasteiger partial charge on any atom is 0.178 e. The van der Waals surface area contributed by atoms with Gasteiger partial charge in [-0.05, 0) is 44.2 Å². The van der Waals surface area contributed by atoms with Gasteiger partial charge in [-0.2, -0.15) is 0 Å². The van der Waals surface area contributed by atoms with Crippen LogP contribution >= 0.6 is 0 Å². The molecule has 2 atom stereocenters. The summed E-state index contributed by atoms with van der Waals surface area (Å²) in [5.41, 5.74) is 4.79. The van der Waals surface area contributed by atoms with Crippen molar-refractivity contribution in [1.82, 2.24) is 9.97 Å². The van der Waals surface area contributed by atoms with Crippen LogP contribution in [0.2, 0.25) is 0 Å². The lowest BCUT2D eigenvalue weighted by molar-refractivity contribution is 0.724. The number of fused-ring (bicyclic) bond motifs is 2. The lowest BCUT2D eigenvalue weighted by Crippen LogP contribution is -2.37. The molecule has 0 unspecified atom stereocenters. The first-order chi connectivity index (χ1) is 13.6. The van der Waals surface area contributed by atoms with E-state index in [0.29, 0.717) is 0 Å². The fraction of sp³-hybridized carbons (Fsp3) is 0.273. The number of hydrogen-bond acceptors (Lipinski definition) is 6. The number of rotatable bonds is 2. The van der Waals surface area contributed by atoms with Gasteiger partial charge in [-0.15, -0.1) is 0 Å². The van der Waals surface area contributed by atoms with Crippen LogP contribution in [-0.4, -0.2) is 36.4 Å². The van der Waals surface area contributed by atoms with Crippen LogP contribution in [0.15, 0.2) is 60.9 Å². The van der Waals surface area contributed by atoms with E-state index in [-0.39, 0.29) is 12.3 Å². The highest BCUT2D eigenvalue weighted by Crippen LogP contribution is 2.45. The Hall–Kier alpha value is -3.28. The molecule has 6 nitrogen and oxygen atoms in total. The third-order valence-corrected chi connectivity index (χ3v) is 6.00. The molecule has 0 saturated carbocycles. The smallest absolute Gasteiger partial charge is 0.178 e. The molecule has 6 heteroatoms. The van der Waals surface area contributed by atoms with E-state index in [1.165, 1.54) is 17.1 Å². The van der Waals surface area contributed by atoms with E-state index in [9.17, 15) is 0 Å². The SMILES string of the molecule is C[C@@H]1N(C)c2ccccc2N1c1cccc(N2c3nccnc3N(C)[C@@H]2C)c1. The molecule has 0 spiro atoms. The van der Waals surface area contributed by atoms with Crippen LogP contribution in [0, 0.1) is 0 Å². The maximum absolute atomic E-state index is 4.61. The minimum absolute atomic E-state index is 0.151. The highest BCUT2D eigenvalue weighted by atomic mass is 15.5. The number of para-hydroxylation sites is 2. The van der Waals surface area contributed by atoms with Crippen molar-refractivity contribution in [1.29, 1.82) is 0 Å². The second-order valence-electron chi connectivity index (χ2n) is 7.44. The topological polar surface area (TPSA) is 38.7 Å². The lowest BCUT2D eigenvalue weighted by atomic mass is 10.2. The van der Waals surface area contributed by atoms with Crippen LogP contribution < -0.4 is 19.6 Å². The molecule has 0 saturated heterocycles. The zero-order valence-corrected chi connectivity index (χ0v) is 16.6. The predicted molar refractivity (Wildman–Crippen MR) is 115 cm³/mol. The van der Waals surface area contributed by atoms with Crippen molar-refractivity contribution in [2.45, 2.75) is 26.2 Å². The van der Waals surface area contributed by atoms with Crippen molar-refractivity contribution in [2.75, 3.05) is 33.7 Å². The first-order valence-corrected chi connectivity index (χ1v) is 9.62. The molecule has 0 aliphatic carbocycles. The Labute approximate surface area is 165 Å². The summed E-state index contributed by atoms with van der Waals surface area (Å²) in [6.45, 7) is 4.41. The maximum atomic E-state index is 4.61. The van der Waals surface area contributed by atoms with Gasteiger partial charge >= 0.3 is 0 Å². The fourth-order valence-corrected chi connectivity index (χ4v) is 4.30. The van der Waals surface area contributed by atoms with Gasteiger partial charge in [0.25, 0.3) is 0 Å². The quantitative estimate of drug-likeness (QED) is 0.666. The number of benzene rings is 2. The molecular formula is C22H24N6. The van der Waals surface area contributed by atoms with Gasteiger partial charge in [-0.25, -0.2) is 9.97 Å². The Morgan fingerprint density at radius 3 is 2.04 bits per heavy atom. The van der Waals surface area contributed by atoms with E-state index in [0.717, 1.165) is 17.3 Å². The monoisotopic (exact) mass is 372 g/mol. The average molecular weight is 372 g/mol. The molecule has 2 aliphatic heterocycles. The molecule has 1 aromatic heterocycles. The summed E-state index contributed by atoms with van der Waals surface area (Å²) >= 11 is 0. The third-order valence-electron chi connectivity index (χ3n) is 6.00. The van der Waals surface area contributed by atoms with Gasteiger partial charge in [-0.1, -0.05) is 18.2 Å². The molecule has 0 fully saturated rings. The lowest BCUT2D eigenvalue weighted by Gasteiger charge is -2.30. The molecule has 28 heavy (non-hydrogen) atoms. The summed E-state index contributed by atoms with van der Waals surface area (Å²) in [5, 5.41) is 0. The molecule has 142 valence electrons. The number of aromatic nitrogens is 2. The van der Waals surface area contributed by atoms with Crippen LogP contribution in [0.25, 0.3) is 0 Å². The summed E-state index contributed by atoms with van der Waals surface area (Å²) in [5.74, 6) is 1.82. The van der Waals surface area contributed by atoms with Crippen molar-refractivity contribution in [3.8, 4) is 0 Å². The Bertz CT molecular complexity index is 956. The zero-order chi connectivity index (χ0) is 19.4. The first kappa shape index (κ1) is 16.9. The second kappa shape index (κ2) is 6.12. The van der Waals surface area contributed by atoms with Crippen LogP contribution in [0.1, 0.15) is 13.8 Å². The van der Waals surface area contributed by atoms with Crippen molar-refractivity contribution in [2.24, 2.45) is 0 Å². The Morgan fingerprint density at radius 2 is 1.29 bits per heavy atom. The Balaban J connectivity index is 1.59. The Kier molecular flexibility index (Phi) is 3.69. The molecule has 5 rings (SSSR count). The molecule has 3 aromatic rings. The van der Waals surface area contributed by atoms with Crippen molar-refractivity contribution in [3.63, 3.8) is 0 Å². The molecule has 3 heterocycles. The van der Waals surface area contributed by atoms with Gasteiger partial charge < -0.3 is 19.6 Å². The standard InChI is InChI=1S/C22H24N6/c1-15-25(3)19-10-5-6-11-20(19)27(15)17-8-7-9-18(14-17)28-16(2)26(4)21-22(28)24-13-12-23-21/h5-16H,1-4H3/t15-,16+/m1/s1. The molecule has 0 amide bonds. The summed E-state index contributed by atoms with van der Waals surface area (Å²) in [4.78, 5) is 18.3. The van der Waals surface area contributed by atoms with Crippen molar-refractivity contribution < 1.29 is 0 Å². The summed E-state index contributed by atoms with van der Waals surface area (Å²) in [6.07, 6.45) is 3.91. The van der Waals surface area contributed by atoms with E-state index in [2.05, 4.69) is 106 Å². The second-order valence-corrected chi connectivity index (χ2v) is 7.44. The Morgan fingerprint density at radius 1 is 0.679 bits per heavy atom. The van der Waals surface area contributed by atoms with Gasteiger partial charge in [0, 0.05) is 37.9 Å². The molecule has 0 radical (unpaired) electrons. The largest absolute Gasteiger partial charge is 0.353 e. The zero-order valence-electron chi connectivity index (χ0n) is 16.6. The molecular weight excluding hydrogens is 348 g/mol. The van der Waals surface area contributed by atoms with E-state index >= 15 is 0 Å². The van der Waals surface area contributed by atoms with Gasteiger partial charge in [0.1, 0.15) is 12.3 Å². The third kappa shape index (κ3) is 2.27. The van der Waals surface area contributed by atoms with Gasteiger partial charge in [-0.3, -0.25) is 0 Å². The first-order valence-electron chi connectivity index (χ1n) is 9.62. The summed E-state index contributed by atoms with van der Waals surface area (Å²) < 4.78 is 0. The fourth-order valence-electron chi connectivity index (χ4n) is 4.30. The van der Waals surface area contributed by atoms with Gasteiger partial charge in [0.15, 0.2) is 11.6 Å². The van der Waals surface area contributed by atoms with E-state index in [1.807, 2.05) is 0 Å². The average Bonchev–Trinajstić information content (AvgIpc) is 3.13. The van der Waals surface area contributed by atoms with E-state index < -0.39 is 0 Å². The van der Waals surface area contributed by atoms with Crippen LogP contribution in [0.3, 0.4) is 0 Å². The molecule has 2 aromatic carbocycles. The van der Waals surface area contributed by atoms with Crippen molar-refractivity contribution >= 4 is 34.4 Å². The van der Waals surface area contributed by atoms with Crippen LogP contribution in [-0.2, 0) is 0 Å². The minimum Gasteiger partial charge on any atom is -0.353 e. The molecule has 0 bridgehead atoms. The van der Waals surface area contributed by atoms with Gasteiger partial charge in [0.05, 0.1) is 11.4 Å². The van der Waals surface area contributed by atoms with Crippen LogP contribution in [0.5, 0.6) is 0 Å². The van der Waals surface area contributed by atoms with Gasteiger partial charge in [0.2, 0.25) is 0 Å². The number of hydrogen-bond donors (Lipinski definition) is 0. The van der Waals surface area contributed by atoms with Crippen LogP contribution in [0.4, 0.5) is 34.4 Å². The predicted octanol–water partition coefficient (Wildman–Crippen LogP) is 4.34. The van der Waals surface area contributed by atoms with E-state index in [4.69, 9.17) is 0 Å².